The molecule has 1 unspecified atom stereocenters. The SMILES string of the molecule is Cc1cscc1NC(=S)NC1CCCCC12OCCO2. The molecule has 1 atom stereocenters. The lowest BCUT2D eigenvalue weighted by molar-refractivity contribution is -0.191. The van der Waals surface area contributed by atoms with Crippen molar-refractivity contribution in [1.82, 2.24) is 5.32 Å². The van der Waals surface area contributed by atoms with Crippen molar-refractivity contribution in [1.29, 1.82) is 0 Å². The Labute approximate surface area is 128 Å². The number of hydrogen-bond acceptors (Lipinski definition) is 4. The van der Waals surface area contributed by atoms with Gasteiger partial charge in [-0.25, -0.2) is 0 Å². The molecule has 20 heavy (non-hydrogen) atoms. The maximum absolute atomic E-state index is 5.88. The zero-order chi connectivity index (χ0) is 14.0. The van der Waals surface area contributed by atoms with Crippen LogP contribution < -0.4 is 10.6 Å². The van der Waals surface area contributed by atoms with Crippen molar-refractivity contribution in [2.45, 2.75) is 44.4 Å². The van der Waals surface area contributed by atoms with Crippen LogP contribution in [0, 0.1) is 6.92 Å². The van der Waals surface area contributed by atoms with Gasteiger partial charge in [0.15, 0.2) is 10.9 Å². The third-order valence-corrected chi connectivity index (χ3v) is 5.07. The Kier molecular flexibility index (Phi) is 4.26. The predicted molar refractivity (Wildman–Crippen MR) is 85.3 cm³/mol. The highest BCUT2D eigenvalue weighted by atomic mass is 32.1. The van der Waals surface area contributed by atoms with Crippen molar-refractivity contribution in [2.24, 2.45) is 0 Å². The molecular formula is C14H20N2O2S2. The standard InChI is InChI=1S/C14H20N2O2S2/c1-10-8-20-9-11(10)15-13(19)16-12-4-2-3-5-14(12)17-6-7-18-14/h8-9,12H,2-7H2,1H3,(H2,15,16,19). The molecule has 1 spiro atoms. The second kappa shape index (κ2) is 5.97. The molecule has 0 amide bonds. The van der Waals surface area contributed by atoms with E-state index in [0.29, 0.717) is 18.3 Å². The van der Waals surface area contributed by atoms with Crippen LogP contribution in [0.25, 0.3) is 0 Å². The van der Waals surface area contributed by atoms with Crippen molar-refractivity contribution in [2.75, 3.05) is 18.5 Å². The lowest BCUT2D eigenvalue weighted by atomic mass is 9.89. The number of thiocarbonyl (C=S) groups is 1. The number of nitrogens with one attached hydrogen (secondary N) is 2. The number of aryl methyl sites for hydroxylation is 1. The van der Waals surface area contributed by atoms with E-state index in [1.807, 2.05) is 0 Å². The minimum atomic E-state index is -0.465. The van der Waals surface area contributed by atoms with Crippen molar-refractivity contribution in [3.63, 3.8) is 0 Å². The van der Waals surface area contributed by atoms with E-state index in [0.717, 1.165) is 24.9 Å². The van der Waals surface area contributed by atoms with Crippen LogP contribution in [0.1, 0.15) is 31.2 Å². The van der Waals surface area contributed by atoms with Gasteiger partial charge in [-0.05, 0) is 42.9 Å². The normalized spacial score (nSPS) is 24.8. The Hall–Kier alpha value is -0.690. The summed E-state index contributed by atoms with van der Waals surface area (Å²) in [6.07, 6.45) is 4.32. The quantitative estimate of drug-likeness (QED) is 0.822. The molecule has 2 aliphatic rings. The van der Waals surface area contributed by atoms with E-state index in [2.05, 4.69) is 28.3 Å². The average molecular weight is 312 g/mol. The smallest absolute Gasteiger partial charge is 0.188 e. The number of anilines is 1. The van der Waals surface area contributed by atoms with Crippen molar-refractivity contribution in [3.05, 3.63) is 16.3 Å². The summed E-state index contributed by atoms with van der Waals surface area (Å²) >= 11 is 7.11. The fraction of sp³-hybridized carbons (Fsp3) is 0.643. The summed E-state index contributed by atoms with van der Waals surface area (Å²) in [6, 6.07) is 0.137. The van der Waals surface area contributed by atoms with E-state index in [1.165, 1.54) is 12.0 Å². The Morgan fingerprint density at radius 3 is 2.85 bits per heavy atom. The fourth-order valence-corrected chi connectivity index (χ4v) is 3.95. The highest BCUT2D eigenvalue weighted by Gasteiger charge is 2.46. The maximum Gasteiger partial charge on any atom is 0.188 e. The van der Waals surface area contributed by atoms with Crippen LogP contribution >= 0.6 is 23.6 Å². The molecule has 1 aliphatic heterocycles. The van der Waals surface area contributed by atoms with Crippen LogP contribution in [0.4, 0.5) is 5.69 Å². The van der Waals surface area contributed by atoms with Crippen LogP contribution in [0.3, 0.4) is 0 Å². The number of ether oxygens (including phenoxy) is 2. The Morgan fingerprint density at radius 1 is 1.35 bits per heavy atom. The molecule has 2 fully saturated rings. The second-order valence-electron chi connectivity index (χ2n) is 5.37. The zero-order valence-corrected chi connectivity index (χ0v) is 13.2. The van der Waals surface area contributed by atoms with Gasteiger partial charge >= 0.3 is 0 Å². The molecule has 1 aromatic heterocycles. The first kappa shape index (κ1) is 14.3. The van der Waals surface area contributed by atoms with Gasteiger partial charge in [0.1, 0.15) is 0 Å². The first-order valence-electron chi connectivity index (χ1n) is 7.08. The summed E-state index contributed by atoms with van der Waals surface area (Å²) in [7, 11) is 0. The van der Waals surface area contributed by atoms with Crippen molar-refractivity contribution >= 4 is 34.4 Å². The summed E-state index contributed by atoms with van der Waals surface area (Å²) in [5.74, 6) is -0.465. The molecule has 1 saturated heterocycles. The van der Waals surface area contributed by atoms with Gasteiger partial charge in [0.25, 0.3) is 0 Å². The van der Waals surface area contributed by atoms with Gasteiger partial charge in [0, 0.05) is 11.8 Å². The van der Waals surface area contributed by atoms with Gasteiger partial charge < -0.3 is 20.1 Å². The van der Waals surface area contributed by atoms with Gasteiger partial charge in [0.05, 0.1) is 24.9 Å². The Morgan fingerprint density at radius 2 is 2.15 bits per heavy atom. The average Bonchev–Trinajstić information content (AvgIpc) is 3.04. The van der Waals surface area contributed by atoms with Crippen molar-refractivity contribution in [3.8, 4) is 0 Å². The van der Waals surface area contributed by atoms with Crippen LogP contribution in [-0.4, -0.2) is 30.2 Å². The maximum atomic E-state index is 5.88. The monoisotopic (exact) mass is 312 g/mol. The molecule has 2 N–H and O–H groups in total. The molecule has 3 rings (SSSR count). The molecule has 4 nitrogen and oxygen atoms in total. The molecule has 0 bridgehead atoms. The van der Waals surface area contributed by atoms with Gasteiger partial charge in [0.2, 0.25) is 0 Å². The van der Waals surface area contributed by atoms with E-state index in [4.69, 9.17) is 21.7 Å². The first-order chi connectivity index (χ1) is 9.70. The highest BCUT2D eigenvalue weighted by molar-refractivity contribution is 7.80. The molecule has 6 heteroatoms. The minimum absolute atomic E-state index is 0.137. The lowest BCUT2D eigenvalue weighted by Gasteiger charge is -2.40. The van der Waals surface area contributed by atoms with Crippen LogP contribution in [0.5, 0.6) is 0 Å². The minimum Gasteiger partial charge on any atom is -0.354 e. The van der Waals surface area contributed by atoms with E-state index >= 15 is 0 Å². The Bertz CT molecular complexity index is 483. The molecule has 1 saturated carbocycles. The zero-order valence-electron chi connectivity index (χ0n) is 11.6. The summed E-state index contributed by atoms with van der Waals surface area (Å²) in [4.78, 5) is 0. The van der Waals surface area contributed by atoms with Gasteiger partial charge in [-0.2, -0.15) is 0 Å². The third-order valence-electron chi connectivity index (χ3n) is 3.98. The van der Waals surface area contributed by atoms with Crippen LogP contribution in [0.2, 0.25) is 0 Å². The molecule has 1 aliphatic carbocycles. The van der Waals surface area contributed by atoms with Gasteiger partial charge in [-0.1, -0.05) is 6.42 Å². The summed E-state index contributed by atoms with van der Waals surface area (Å²) in [5.41, 5.74) is 2.29. The van der Waals surface area contributed by atoms with Crippen LogP contribution in [-0.2, 0) is 9.47 Å². The van der Waals surface area contributed by atoms with E-state index in [1.54, 1.807) is 11.3 Å². The molecule has 2 heterocycles. The largest absolute Gasteiger partial charge is 0.354 e. The lowest BCUT2D eigenvalue weighted by Crippen LogP contribution is -2.56. The van der Waals surface area contributed by atoms with E-state index in [-0.39, 0.29) is 6.04 Å². The van der Waals surface area contributed by atoms with Crippen molar-refractivity contribution < 1.29 is 9.47 Å². The summed E-state index contributed by atoms with van der Waals surface area (Å²) in [6.45, 7) is 3.44. The molecule has 1 aromatic rings. The topological polar surface area (TPSA) is 42.5 Å². The second-order valence-corrected chi connectivity index (χ2v) is 6.53. The third kappa shape index (κ3) is 2.83. The number of rotatable bonds is 2. The molecule has 0 aromatic carbocycles. The molecule has 110 valence electrons. The molecular weight excluding hydrogens is 292 g/mol. The summed E-state index contributed by atoms with van der Waals surface area (Å²) in [5, 5.41) is 11.5. The number of hydrogen-bond donors (Lipinski definition) is 2. The summed E-state index contributed by atoms with van der Waals surface area (Å²) < 4.78 is 11.8. The Balaban J connectivity index is 1.63. The van der Waals surface area contributed by atoms with E-state index < -0.39 is 5.79 Å². The van der Waals surface area contributed by atoms with Crippen LogP contribution in [0.15, 0.2) is 10.8 Å². The highest BCUT2D eigenvalue weighted by Crippen LogP contribution is 2.36. The first-order valence-corrected chi connectivity index (χ1v) is 8.43. The van der Waals surface area contributed by atoms with E-state index in [9.17, 15) is 0 Å². The van der Waals surface area contributed by atoms with Gasteiger partial charge in [-0.3, -0.25) is 0 Å². The molecule has 0 radical (unpaired) electrons. The number of thiophene rings is 1. The van der Waals surface area contributed by atoms with Gasteiger partial charge in [-0.15, -0.1) is 11.3 Å². The predicted octanol–water partition coefficient (Wildman–Crippen LogP) is 3.03. The fourth-order valence-electron chi connectivity index (χ4n) is 2.92.